The zero-order valence-corrected chi connectivity index (χ0v) is 11.7. The molecule has 0 saturated heterocycles. The smallest absolute Gasteiger partial charge is 0.326 e. The van der Waals surface area contributed by atoms with Gasteiger partial charge < -0.3 is 15.5 Å². The lowest BCUT2D eigenvalue weighted by Crippen LogP contribution is -2.41. The van der Waals surface area contributed by atoms with Crippen molar-refractivity contribution in [2.75, 3.05) is 12.0 Å². The lowest BCUT2D eigenvalue weighted by Gasteiger charge is -2.14. The molecule has 0 unspecified atom stereocenters. The Morgan fingerprint density at radius 2 is 2.11 bits per heavy atom. The van der Waals surface area contributed by atoms with E-state index in [2.05, 4.69) is 5.32 Å². The highest BCUT2D eigenvalue weighted by atomic mass is 32.2. The molecule has 1 rings (SSSR count). The summed E-state index contributed by atoms with van der Waals surface area (Å²) in [6, 6.07) is 3.58. The van der Waals surface area contributed by atoms with Crippen molar-refractivity contribution in [3.8, 4) is 5.75 Å². The number of benzene rings is 1. The Bertz CT molecular complexity index is 476. The molecule has 3 N–H and O–H groups in total. The van der Waals surface area contributed by atoms with E-state index in [4.69, 9.17) is 5.11 Å². The van der Waals surface area contributed by atoms with Crippen molar-refractivity contribution in [3.63, 3.8) is 0 Å². The number of hydrogen-bond donors (Lipinski definition) is 3. The van der Waals surface area contributed by atoms with Gasteiger partial charge in [0.15, 0.2) is 0 Å². The van der Waals surface area contributed by atoms with Crippen molar-refractivity contribution in [2.24, 2.45) is 0 Å². The van der Waals surface area contributed by atoms with Crippen molar-refractivity contribution in [1.82, 2.24) is 5.32 Å². The molecule has 6 heteroatoms. The van der Waals surface area contributed by atoms with Crippen LogP contribution in [-0.2, 0) is 4.79 Å². The first-order chi connectivity index (χ1) is 8.95. The molecular weight excluding hydrogens is 266 g/mol. The molecule has 0 aliphatic heterocycles. The minimum atomic E-state index is -1.06. The Labute approximate surface area is 116 Å². The molecular formula is C13H17NO4S. The first kappa shape index (κ1) is 15.4. The maximum absolute atomic E-state index is 11.9. The molecule has 1 atom stereocenters. The van der Waals surface area contributed by atoms with E-state index in [9.17, 15) is 14.7 Å². The summed E-state index contributed by atoms with van der Waals surface area (Å²) in [5.41, 5.74) is 0.909. The van der Waals surface area contributed by atoms with Gasteiger partial charge in [-0.25, -0.2) is 4.79 Å². The predicted octanol–water partition coefficient (Wildman–Crippen LogP) is 1.64. The van der Waals surface area contributed by atoms with Crippen molar-refractivity contribution < 1.29 is 19.8 Å². The number of nitrogens with one attached hydrogen (secondary N) is 1. The highest BCUT2D eigenvalue weighted by Gasteiger charge is 2.20. The normalized spacial score (nSPS) is 11.9. The van der Waals surface area contributed by atoms with Gasteiger partial charge in [0.1, 0.15) is 11.8 Å². The fourth-order valence-corrected chi connectivity index (χ4v) is 1.96. The van der Waals surface area contributed by atoms with Gasteiger partial charge in [-0.15, -0.1) is 0 Å². The van der Waals surface area contributed by atoms with Crippen molar-refractivity contribution in [1.29, 1.82) is 0 Å². The summed E-state index contributed by atoms with van der Waals surface area (Å²) in [5.74, 6) is -0.887. The lowest BCUT2D eigenvalue weighted by molar-refractivity contribution is -0.139. The fourth-order valence-electron chi connectivity index (χ4n) is 1.49. The summed E-state index contributed by atoms with van der Waals surface area (Å²) in [6.07, 6.45) is 2.23. The summed E-state index contributed by atoms with van der Waals surface area (Å²) >= 11 is 1.52. The molecule has 0 aliphatic rings. The van der Waals surface area contributed by atoms with E-state index in [0.29, 0.717) is 17.7 Å². The van der Waals surface area contributed by atoms with E-state index < -0.39 is 17.9 Å². The predicted molar refractivity (Wildman–Crippen MR) is 74.7 cm³/mol. The largest absolute Gasteiger partial charge is 0.508 e. The molecule has 0 aromatic heterocycles. The van der Waals surface area contributed by atoms with Gasteiger partial charge in [-0.05, 0) is 43.0 Å². The highest BCUT2D eigenvalue weighted by molar-refractivity contribution is 7.98. The molecule has 104 valence electrons. The number of aromatic hydroxyl groups is 1. The van der Waals surface area contributed by atoms with Crippen LogP contribution < -0.4 is 5.32 Å². The summed E-state index contributed by atoms with van der Waals surface area (Å²) in [5, 5.41) is 21.0. The van der Waals surface area contributed by atoms with Crippen LogP contribution in [0.4, 0.5) is 0 Å². The molecule has 0 bridgehead atoms. The topological polar surface area (TPSA) is 86.6 Å². The summed E-state index contributed by atoms with van der Waals surface area (Å²) < 4.78 is 0. The van der Waals surface area contributed by atoms with Gasteiger partial charge in [-0.3, -0.25) is 4.79 Å². The minimum Gasteiger partial charge on any atom is -0.508 e. The van der Waals surface area contributed by atoms with Gasteiger partial charge in [-0.1, -0.05) is 6.07 Å². The number of amides is 1. The Kier molecular flexibility index (Phi) is 5.69. The number of phenolic OH excluding ortho intramolecular Hbond substituents is 1. The van der Waals surface area contributed by atoms with Gasteiger partial charge >= 0.3 is 5.97 Å². The second-order valence-electron chi connectivity index (χ2n) is 4.15. The number of carboxylic acids is 1. The maximum Gasteiger partial charge on any atom is 0.326 e. The second-order valence-corrected chi connectivity index (χ2v) is 5.13. The summed E-state index contributed by atoms with van der Waals surface area (Å²) in [6.45, 7) is 1.72. The van der Waals surface area contributed by atoms with Gasteiger partial charge in [0, 0.05) is 5.56 Å². The molecule has 0 radical (unpaired) electrons. The number of aliphatic carboxylic acids is 1. The molecule has 19 heavy (non-hydrogen) atoms. The molecule has 1 aromatic rings. The van der Waals surface area contributed by atoms with Crippen LogP contribution in [0.5, 0.6) is 5.75 Å². The number of hydrogen-bond acceptors (Lipinski definition) is 4. The number of carbonyl (C=O) groups is 2. The van der Waals surface area contributed by atoms with Crippen LogP contribution in [0.25, 0.3) is 0 Å². The summed E-state index contributed by atoms with van der Waals surface area (Å²) in [7, 11) is 0. The quantitative estimate of drug-likeness (QED) is 0.739. The van der Waals surface area contributed by atoms with Crippen LogP contribution in [0.2, 0.25) is 0 Å². The van der Waals surface area contributed by atoms with E-state index in [1.54, 1.807) is 19.1 Å². The van der Waals surface area contributed by atoms with Crippen LogP contribution in [0.1, 0.15) is 22.3 Å². The lowest BCUT2D eigenvalue weighted by atomic mass is 10.1. The first-order valence-corrected chi connectivity index (χ1v) is 7.17. The SMILES string of the molecule is CSCC[C@@H](NC(=O)c1ccc(C)c(O)c1)C(=O)O. The Hall–Kier alpha value is -1.69. The number of thioether (sulfide) groups is 1. The Balaban J connectivity index is 2.75. The Morgan fingerprint density at radius 3 is 2.63 bits per heavy atom. The van der Waals surface area contributed by atoms with Crippen LogP contribution in [-0.4, -0.2) is 40.1 Å². The number of rotatable bonds is 6. The monoisotopic (exact) mass is 283 g/mol. The standard InChI is InChI=1S/C13H17NO4S/c1-8-3-4-9(7-11(8)15)12(16)14-10(13(17)18)5-6-19-2/h3-4,7,10,15H,5-6H2,1-2H3,(H,14,16)(H,17,18)/t10-/m1/s1. The van der Waals surface area contributed by atoms with Crippen molar-refractivity contribution in [3.05, 3.63) is 29.3 Å². The minimum absolute atomic E-state index is 0.0173. The third kappa shape index (κ3) is 4.48. The van der Waals surface area contributed by atoms with E-state index in [1.165, 1.54) is 17.8 Å². The molecule has 0 aliphatic carbocycles. The first-order valence-electron chi connectivity index (χ1n) is 5.78. The van der Waals surface area contributed by atoms with Gasteiger partial charge in [0.05, 0.1) is 0 Å². The zero-order valence-electron chi connectivity index (χ0n) is 10.8. The van der Waals surface area contributed by atoms with Crippen molar-refractivity contribution in [2.45, 2.75) is 19.4 Å². The average molecular weight is 283 g/mol. The third-order valence-corrected chi connectivity index (χ3v) is 3.33. The fraction of sp³-hybridized carbons (Fsp3) is 0.385. The third-order valence-electron chi connectivity index (χ3n) is 2.69. The average Bonchev–Trinajstić information content (AvgIpc) is 2.37. The Morgan fingerprint density at radius 1 is 1.42 bits per heavy atom. The van der Waals surface area contributed by atoms with Gasteiger partial charge in [-0.2, -0.15) is 11.8 Å². The van der Waals surface area contributed by atoms with E-state index in [1.807, 2.05) is 6.26 Å². The van der Waals surface area contributed by atoms with Gasteiger partial charge in [0.25, 0.3) is 5.91 Å². The number of carboxylic acid groups (broad SMARTS) is 1. The molecule has 5 nitrogen and oxygen atoms in total. The molecule has 0 spiro atoms. The molecule has 0 saturated carbocycles. The van der Waals surface area contributed by atoms with E-state index >= 15 is 0 Å². The van der Waals surface area contributed by atoms with Crippen LogP contribution in [0, 0.1) is 6.92 Å². The van der Waals surface area contributed by atoms with Gasteiger partial charge in [0.2, 0.25) is 0 Å². The molecule has 1 amide bonds. The van der Waals surface area contributed by atoms with Crippen LogP contribution in [0.3, 0.4) is 0 Å². The maximum atomic E-state index is 11.9. The van der Waals surface area contributed by atoms with E-state index in [-0.39, 0.29) is 11.3 Å². The summed E-state index contributed by atoms with van der Waals surface area (Å²) in [4.78, 5) is 22.9. The molecule has 1 aromatic carbocycles. The van der Waals surface area contributed by atoms with E-state index in [0.717, 1.165) is 0 Å². The second kappa shape index (κ2) is 7.04. The molecule has 0 fully saturated rings. The van der Waals surface area contributed by atoms with Crippen LogP contribution >= 0.6 is 11.8 Å². The number of carbonyl (C=O) groups excluding carboxylic acids is 1. The zero-order chi connectivity index (χ0) is 14.4. The van der Waals surface area contributed by atoms with Crippen molar-refractivity contribution >= 4 is 23.6 Å². The number of aryl methyl sites for hydroxylation is 1. The highest BCUT2D eigenvalue weighted by Crippen LogP contribution is 2.17. The number of phenols is 1. The molecule has 0 heterocycles. The van der Waals surface area contributed by atoms with Crippen LogP contribution in [0.15, 0.2) is 18.2 Å².